The van der Waals surface area contributed by atoms with Crippen LogP contribution in [-0.2, 0) is 6.42 Å². The van der Waals surface area contributed by atoms with E-state index in [1.807, 2.05) is 0 Å². The van der Waals surface area contributed by atoms with Crippen LogP contribution in [-0.4, -0.2) is 23.8 Å². The summed E-state index contributed by atoms with van der Waals surface area (Å²) in [5.74, 6) is -0.490. The Morgan fingerprint density at radius 1 is 1.03 bits per heavy atom. The molecule has 29 heavy (non-hydrogen) atoms. The number of anilines is 1. The van der Waals surface area contributed by atoms with Crippen molar-refractivity contribution in [2.75, 3.05) is 11.4 Å². The molecule has 0 bridgehead atoms. The SMILES string of the molecule is O=C1c2ccc(Cl)cc2CCN1c1cncc(-c2cccc(OC(F)(F)F)c2)c1. The molecule has 1 aliphatic heterocycles. The van der Waals surface area contributed by atoms with Crippen molar-refractivity contribution in [3.8, 4) is 16.9 Å². The number of nitrogens with zero attached hydrogens (tertiary/aromatic N) is 2. The number of carbonyl (C=O) groups excluding carboxylic acids is 1. The summed E-state index contributed by atoms with van der Waals surface area (Å²) in [6.07, 6.45) is -1.05. The van der Waals surface area contributed by atoms with Crippen LogP contribution >= 0.6 is 11.6 Å². The molecule has 4 nitrogen and oxygen atoms in total. The minimum Gasteiger partial charge on any atom is -0.406 e. The van der Waals surface area contributed by atoms with Gasteiger partial charge < -0.3 is 9.64 Å². The number of benzene rings is 2. The Kier molecular flexibility index (Phi) is 4.92. The van der Waals surface area contributed by atoms with Crippen LogP contribution in [0.3, 0.4) is 0 Å². The quantitative estimate of drug-likeness (QED) is 0.563. The maximum Gasteiger partial charge on any atom is 0.573 e. The summed E-state index contributed by atoms with van der Waals surface area (Å²) in [7, 11) is 0. The number of hydrogen-bond donors (Lipinski definition) is 0. The molecule has 1 aliphatic rings. The second-order valence-corrected chi connectivity index (χ2v) is 6.95. The lowest BCUT2D eigenvalue weighted by Gasteiger charge is -2.28. The Labute approximate surface area is 169 Å². The Balaban J connectivity index is 1.64. The van der Waals surface area contributed by atoms with Crippen molar-refractivity contribution in [1.82, 2.24) is 4.98 Å². The average Bonchev–Trinajstić information content (AvgIpc) is 2.67. The van der Waals surface area contributed by atoms with Crippen LogP contribution in [0.25, 0.3) is 11.1 Å². The van der Waals surface area contributed by atoms with Gasteiger partial charge in [-0.3, -0.25) is 9.78 Å². The summed E-state index contributed by atoms with van der Waals surface area (Å²) in [4.78, 5) is 18.7. The lowest BCUT2D eigenvalue weighted by atomic mass is 9.98. The molecule has 2 aromatic carbocycles. The molecule has 148 valence electrons. The van der Waals surface area contributed by atoms with Gasteiger partial charge in [-0.1, -0.05) is 23.7 Å². The molecular weight excluding hydrogens is 405 g/mol. The third-order valence-corrected chi connectivity index (χ3v) is 4.82. The van der Waals surface area contributed by atoms with E-state index in [1.54, 1.807) is 41.4 Å². The monoisotopic (exact) mass is 418 g/mol. The van der Waals surface area contributed by atoms with Crippen LogP contribution in [0.1, 0.15) is 15.9 Å². The number of pyridine rings is 1. The maximum atomic E-state index is 12.9. The van der Waals surface area contributed by atoms with Gasteiger partial charge in [0, 0.05) is 28.9 Å². The van der Waals surface area contributed by atoms with Gasteiger partial charge in [-0.2, -0.15) is 0 Å². The van der Waals surface area contributed by atoms with Gasteiger partial charge in [-0.15, -0.1) is 13.2 Å². The Morgan fingerprint density at radius 3 is 2.66 bits per heavy atom. The third-order valence-electron chi connectivity index (χ3n) is 4.58. The fourth-order valence-electron chi connectivity index (χ4n) is 3.31. The van der Waals surface area contributed by atoms with Gasteiger partial charge in [-0.05, 0) is 53.9 Å². The summed E-state index contributed by atoms with van der Waals surface area (Å²) in [5, 5.41) is 0.578. The van der Waals surface area contributed by atoms with E-state index in [0.29, 0.717) is 40.4 Å². The molecule has 1 aromatic heterocycles. The van der Waals surface area contributed by atoms with Gasteiger partial charge in [0.05, 0.1) is 11.9 Å². The average molecular weight is 419 g/mol. The molecule has 8 heteroatoms. The van der Waals surface area contributed by atoms with Crippen molar-refractivity contribution in [3.63, 3.8) is 0 Å². The lowest BCUT2D eigenvalue weighted by molar-refractivity contribution is -0.274. The van der Waals surface area contributed by atoms with Crippen molar-refractivity contribution >= 4 is 23.2 Å². The van der Waals surface area contributed by atoms with Crippen molar-refractivity contribution in [3.05, 3.63) is 77.1 Å². The molecule has 0 saturated carbocycles. The summed E-state index contributed by atoms with van der Waals surface area (Å²) < 4.78 is 41.4. The highest BCUT2D eigenvalue weighted by atomic mass is 35.5. The standard InChI is InChI=1S/C21H14ClF3N2O2/c22-16-4-5-19-14(8-16)6-7-27(20(19)28)17-9-15(11-26-12-17)13-2-1-3-18(10-13)29-21(23,24)25/h1-5,8-12H,6-7H2. The highest BCUT2D eigenvalue weighted by Gasteiger charge is 2.31. The number of ether oxygens (including phenoxy) is 1. The Bertz CT molecular complexity index is 1090. The van der Waals surface area contributed by atoms with Crippen LogP contribution in [0.5, 0.6) is 5.75 Å². The molecular formula is C21H14ClF3N2O2. The van der Waals surface area contributed by atoms with Gasteiger partial charge in [-0.25, -0.2) is 0 Å². The highest BCUT2D eigenvalue weighted by molar-refractivity contribution is 6.30. The number of hydrogen-bond acceptors (Lipinski definition) is 3. The normalized spacial score (nSPS) is 13.9. The maximum absolute atomic E-state index is 12.9. The van der Waals surface area contributed by atoms with Crippen molar-refractivity contribution < 1.29 is 22.7 Å². The number of fused-ring (bicyclic) bond motifs is 1. The highest BCUT2D eigenvalue weighted by Crippen LogP contribution is 2.31. The van der Waals surface area contributed by atoms with E-state index in [4.69, 9.17) is 11.6 Å². The first-order valence-electron chi connectivity index (χ1n) is 8.72. The molecule has 0 fully saturated rings. The van der Waals surface area contributed by atoms with Gasteiger partial charge in [0.2, 0.25) is 0 Å². The van der Waals surface area contributed by atoms with Gasteiger partial charge >= 0.3 is 6.36 Å². The summed E-state index contributed by atoms with van der Waals surface area (Å²) in [6.45, 7) is 0.453. The van der Waals surface area contributed by atoms with Gasteiger partial charge in [0.1, 0.15) is 5.75 Å². The fourth-order valence-corrected chi connectivity index (χ4v) is 3.50. The third kappa shape index (κ3) is 4.19. The molecule has 0 unspecified atom stereocenters. The van der Waals surface area contributed by atoms with E-state index < -0.39 is 6.36 Å². The van der Waals surface area contributed by atoms with E-state index in [1.165, 1.54) is 24.4 Å². The van der Waals surface area contributed by atoms with Crippen LogP contribution in [0.2, 0.25) is 5.02 Å². The zero-order valence-corrected chi connectivity index (χ0v) is 15.7. The fraction of sp³-hybridized carbons (Fsp3) is 0.143. The first-order chi connectivity index (χ1) is 13.8. The number of aromatic nitrogens is 1. The predicted molar refractivity (Wildman–Crippen MR) is 103 cm³/mol. The molecule has 1 amide bonds. The van der Waals surface area contributed by atoms with E-state index >= 15 is 0 Å². The molecule has 0 radical (unpaired) electrons. The summed E-state index contributed by atoms with van der Waals surface area (Å²) in [6, 6.07) is 12.5. The zero-order valence-electron chi connectivity index (χ0n) is 14.9. The van der Waals surface area contributed by atoms with Crippen molar-refractivity contribution in [1.29, 1.82) is 0 Å². The van der Waals surface area contributed by atoms with E-state index in [9.17, 15) is 18.0 Å². The summed E-state index contributed by atoms with van der Waals surface area (Å²) in [5.41, 5.74) is 3.10. The first kappa shape index (κ1) is 19.3. The minimum absolute atomic E-state index is 0.170. The number of halogens is 4. The molecule has 2 heterocycles. The minimum atomic E-state index is -4.77. The lowest BCUT2D eigenvalue weighted by Crippen LogP contribution is -2.37. The molecule has 0 N–H and O–H groups in total. The number of alkyl halides is 3. The summed E-state index contributed by atoms with van der Waals surface area (Å²) >= 11 is 6.00. The Hall–Kier alpha value is -3.06. The predicted octanol–water partition coefficient (Wildman–Crippen LogP) is 5.50. The second kappa shape index (κ2) is 7.40. The molecule has 0 aliphatic carbocycles. The van der Waals surface area contributed by atoms with E-state index in [-0.39, 0.29) is 11.7 Å². The van der Waals surface area contributed by atoms with Crippen LogP contribution in [0.4, 0.5) is 18.9 Å². The number of rotatable bonds is 3. The topological polar surface area (TPSA) is 42.4 Å². The van der Waals surface area contributed by atoms with Crippen LogP contribution < -0.4 is 9.64 Å². The largest absolute Gasteiger partial charge is 0.573 e. The van der Waals surface area contributed by atoms with E-state index in [0.717, 1.165) is 5.56 Å². The second-order valence-electron chi connectivity index (χ2n) is 6.52. The molecule has 0 atom stereocenters. The molecule has 3 aromatic rings. The van der Waals surface area contributed by atoms with Crippen LogP contribution in [0.15, 0.2) is 60.9 Å². The van der Waals surface area contributed by atoms with Crippen molar-refractivity contribution in [2.24, 2.45) is 0 Å². The van der Waals surface area contributed by atoms with E-state index in [2.05, 4.69) is 9.72 Å². The van der Waals surface area contributed by atoms with Crippen molar-refractivity contribution in [2.45, 2.75) is 12.8 Å². The molecule has 0 spiro atoms. The number of carbonyl (C=O) groups is 1. The van der Waals surface area contributed by atoms with Crippen LogP contribution in [0, 0.1) is 0 Å². The Morgan fingerprint density at radius 2 is 1.86 bits per heavy atom. The molecule has 4 rings (SSSR count). The molecule has 0 saturated heterocycles. The zero-order chi connectivity index (χ0) is 20.6. The van der Waals surface area contributed by atoms with Gasteiger partial charge in [0.25, 0.3) is 5.91 Å². The first-order valence-corrected chi connectivity index (χ1v) is 9.09. The smallest absolute Gasteiger partial charge is 0.406 e. The number of amides is 1. The van der Waals surface area contributed by atoms with Gasteiger partial charge in [0.15, 0.2) is 0 Å².